The SMILES string of the molecule is [CH2-]CCCCC(OC)OC.[Cl-].[Mg+2]. The Morgan fingerprint density at radius 1 is 1.17 bits per heavy atom. The summed E-state index contributed by atoms with van der Waals surface area (Å²) in [5.74, 6) is 0. The van der Waals surface area contributed by atoms with E-state index in [-0.39, 0.29) is 41.7 Å². The first-order chi connectivity index (χ1) is 4.85. The smallest absolute Gasteiger partial charge is 1.00 e. The number of unbranched alkanes of at least 4 members (excludes halogenated alkanes) is 2. The molecule has 0 unspecified atom stereocenters. The summed E-state index contributed by atoms with van der Waals surface area (Å²) < 4.78 is 10.0. The summed E-state index contributed by atoms with van der Waals surface area (Å²) in [5.41, 5.74) is 0. The van der Waals surface area contributed by atoms with E-state index in [2.05, 4.69) is 6.92 Å². The van der Waals surface area contributed by atoms with E-state index in [1.54, 1.807) is 14.2 Å². The normalized spacial score (nSPS) is 9.00. The molecule has 0 N–H and O–H groups in total. The maximum Gasteiger partial charge on any atom is 2.00 e. The summed E-state index contributed by atoms with van der Waals surface area (Å²) in [6.45, 7) is 3.75. The van der Waals surface area contributed by atoms with E-state index in [4.69, 9.17) is 9.47 Å². The number of rotatable bonds is 6. The van der Waals surface area contributed by atoms with Crippen molar-refractivity contribution in [3.8, 4) is 0 Å². The molecular weight excluding hydrogens is 188 g/mol. The summed E-state index contributed by atoms with van der Waals surface area (Å²) in [7, 11) is 3.33. The third kappa shape index (κ3) is 11.0. The summed E-state index contributed by atoms with van der Waals surface area (Å²) in [6, 6.07) is 0. The number of hydrogen-bond donors (Lipinski definition) is 0. The Kier molecular flexibility index (Phi) is 22.6. The van der Waals surface area contributed by atoms with Crippen molar-refractivity contribution in [2.24, 2.45) is 0 Å². The van der Waals surface area contributed by atoms with E-state index < -0.39 is 0 Å². The van der Waals surface area contributed by atoms with E-state index in [1.165, 1.54) is 0 Å². The topological polar surface area (TPSA) is 18.5 Å². The van der Waals surface area contributed by atoms with Gasteiger partial charge in [0.2, 0.25) is 0 Å². The Labute approximate surface area is 97.9 Å². The first kappa shape index (κ1) is 18.7. The third-order valence-electron chi connectivity index (χ3n) is 1.47. The van der Waals surface area contributed by atoms with Crippen molar-refractivity contribution in [2.45, 2.75) is 32.0 Å². The molecule has 0 aliphatic heterocycles. The number of halogens is 1. The predicted octanol–water partition coefficient (Wildman–Crippen LogP) is -1.38. The molecule has 0 aromatic rings. The summed E-state index contributed by atoms with van der Waals surface area (Å²) in [4.78, 5) is 0. The number of hydrogen-bond acceptors (Lipinski definition) is 2. The van der Waals surface area contributed by atoms with Crippen molar-refractivity contribution in [2.75, 3.05) is 14.2 Å². The fourth-order valence-electron chi connectivity index (χ4n) is 0.820. The summed E-state index contributed by atoms with van der Waals surface area (Å²) in [6.07, 6.45) is 4.24. The maximum atomic E-state index is 5.00. The van der Waals surface area contributed by atoms with Gasteiger partial charge < -0.3 is 28.8 Å². The Morgan fingerprint density at radius 2 is 1.67 bits per heavy atom. The molecule has 0 radical (unpaired) electrons. The molecule has 12 heavy (non-hydrogen) atoms. The van der Waals surface area contributed by atoms with Crippen LogP contribution in [0.1, 0.15) is 25.7 Å². The zero-order valence-electron chi connectivity index (χ0n) is 8.01. The van der Waals surface area contributed by atoms with Crippen LogP contribution in [-0.2, 0) is 9.47 Å². The third-order valence-corrected chi connectivity index (χ3v) is 1.47. The zero-order valence-corrected chi connectivity index (χ0v) is 10.2. The minimum atomic E-state index is -0.0217. The van der Waals surface area contributed by atoms with Gasteiger partial charge in [-0.2, -0.15) is 6.42 Å². The van der Waals surface area contributed by atoms with Crippen LogP contribution in [0.2, 0.25) is 0 Å². The zero-order chi connectivity index (χ0) is 7.82. The Hall–Kier alpha value is 0.976. The molecule has 0 saturated heterocycles. The Morgan fingerprint density at radius 3 is 2.00 bits per heavy atom. The van der Waals surface area contributed by atoms with Crippen LogP contribution in [-0.4, -0.2) is 43.6 Å². The van der Waals surface area contributed by atoms with Crippen LogP contribution in [0.3, 0.4) is 0 Å². The van der Waals surface area contributed by atoms with E-state index in [9.17, 15) is 0 Å². The van der Waals surface area contributed by atoms with Gasteiger partial charge in [0.25, 0.3) is 0 Å². The van der Waals surface area contributed by atoms with Crippen molar-refractivity contribution in [1.82, 2.24) is 0 Å². The van der Waals surface area contributed by atoms with Crippen molar-refractivity contribution in [3.05, 3.63) is 6.92 Å². The molecule has 0 aromatic heterocycles. The van der Waals surface area contributed by atoms with Gasteiger partial charge in [-0.1, -0.05) is 12.8 Å². The van der Waals surface area contributed by atoms with Gasteiger partial charge in [-0.25, -0.2) is 0 Å². The Balaban J connectivity index is -0.000000405. The first-order valence-corrected chi connectivity index (χ1v) is 3.70. The van der Waals surface area contributed by atoms with Crippen LogP contribution in [0, 0.1) is 6.92 Å². The van der Waals surface area contributed by atoms with Crippen LogP contribution >= 0.6 is 0 Å². The molecular formula is C8H17ClMgO2. The molecule has 0 atom stereocenters. The van der Waals surface area contributed by atoms with Crippen molar-refractivity contribution in [1.29, 1.82) is 0 Å². The minimum absolute atomic E-state index is 0. The molecule has 0 aliphatic rings. The second-order valence-corrected chi connectivity index (χ2v) is 2.25. The second kappa shape index (κ2) is 14.5. The monoisotopic (exact) mass is 204 g/mol. The van der Waals surface area contributed by atoms with Crippen LogP contribution in [0.4, 0.5) is 0 Å². The van der Waals surface area contributed by atoms with Gasteiger partial charge in [-0.15, -0.1) is 0 Å². The van der Waals surface area contributed by atoms with E-state index >= 15 is 0 Å². The molecule has 0 heterocycles. The summed E-state index contributed by atoms with van der Waals surface area (Å²) in [5, 5.41) is 0. The van der Waals surface area contributed by atoms with Crippen molar-refractivity contribution in [3.63, 3.8) is 0 Å². The molecule has 0 spiro atoms. The second-order valence-electron chi connectivity index (χ2n) is 2.25. The van der Waals surface area contributed by atoms with Gasteiger partial charge in [-0.3, -0.25) is 0 Å². The fourth-order valence-corrected chi connectivity index (χ4v) is 0.820. The summed E-state index contributed by atoms with van der Waals surface area (Å²) >= 11 is 0. The van der Waals surface area contributed by atoms with Crippen LogP contribution in [0.25, 0.3) is 0 Å². The maximum absolute atomic E-state index is 5.00. The van der Waals surface area contributed by atoms with Crippen LogP contribution in [0.5, 0.6) is 0 Å². The Bertz CT molecular complexity index is 70.1. The standard InChI is InChI=1S/C8H17O2.ClH.Mg/c1-4-5-6-7-8(9-2)10-3;;/h8H,1,4-7H2,2-3H3;1H;/q-1;;+2/p-1. The van der Waals surface area contributed by atoms with Crippen molar-refractivity contribution < 1.29 is 21.9 Å². The van der Waals surface area contributed by atoms with Gasteiger partial charge in [-0.05, 0) is 6.42 Å². The minimum Gasteiger partial charge on any atom is -1.00 e. The molecule has 0 aromatic carbocycles. The van der Waals surface area contributed by atoms with E-state index in [0.29, 0.717) is 0 Å². The molecule has 0 amide bonds. The van der Waals surface area contributed by atoms with Crippen LogP contribution < -0.4 is 12.4 Å². The molecule has 0 rings (SSSR count). The fraction of sp³-hybridized carbons (Fsp3) is 0.875. The van der Waals surface area contributed by atoms with Crippen LogP contribution in [0.15, 0.2) is 0 Å². The van der Waals surface area contributed by atoms with Gasteiger partial charge in [0.05, 0.1) is 0 Å². The largest absolute Gasteiger partial charge is 2.00 e. The van der Waals surface area contributed by atoms with Gasteiger partial charge >= 0.3 is 23.1 Å². The van der Waals surface area contributed by atoms with Gasteiger partial charge in [0, 0.05) is 14.2 Å². The molecule has 0 bridgehead atoms. The molecule has 2 nitrogen and oxygen atoms in total. The van der Waals surface area contributed by atoms with Crippen molar-refractivity contribution >= 4 is 23.1 Å². The van der Waals surface area contributed by atoms with E-state index in [0.717, 1.165) is 25.7 Å². The first-order valence-electron chi connectivity index (χ1n) is 3.70. The van der Waals surface area contributed by atoms with Gasteiger partial charge in [0.1, 0.15) is 0 Å². The predicted molar refractivity (Wildman–Crippen MR) is 47.4 cm³/mol. The number of methoxy groups -OCH3 is 2. The molecule has 0 fully saturated rings. The van der Waals surface area contributed by atoms with E-state index in [1.807, 2.05) is 0 Å². The number of ether oxygens (including phenoxy) is 2. The van der Waals surface area contributed by atoms with Gasteiger partial charge in [0.15, 0.2) is 6.29 Å². The molecule has 70 valence electrons. The molecule has 4 heteroatoms. The molecule has 0 aliphatic carbocycles. The average molecular weight is 205 g/mol. The average Bonchev–Trinajstić information content (AvgIpc) is 1.99. The quantitative estimate of drug-likeness (QED) is 0.230. The molecule has 0 saturated carbocycles.